The molecule has 0 unspecified atom stereocenters. The predicted molar refractivity (Wildman–Crippen MR) is 106 cm³/mol. The van der Waals surface area contributed by atoms with Crippen LogP contribution in [-0.2, 0) is 6.42 Å². The molecule has 0 aliphatic carbocycles. The van der Waals surface area contributed by atoms with Crippen molar-refractivity contribution in [2.24, 2.45) is 0 Å². The largest absolute Gasteiger partial charge is 0.469 e. The fraction of sp³-hybridized carbons (Fsp3) is 0.455. The first-order valence-corrected chi connectivity index (χ1v) is 9.97. The molecule has 2 heterocycles. The summed E-state index contributed by atoms with van der Waals surface area (Å²) >= 11 is 0. The zero-order valence-corrected chi connectivity index (χ0v) is 16.0. The van der Waals surface area contributed by atoms with Gasteiger partial charge in [0.25, 0.3) is 11.8 Å². The number of amides is 2. The van der Waals surface area contributed by atoms with Gasteiger partial charge in [-0.2, -0.15) is 0 Å². The van der Waals surface area contributed by atoms with E-state index in [9.17, 15) is 9.59 Å². The van der Waals surface area contributed by atoms with E-state index in [4.69, 9.17) is 4.42 Å². The summed E-state index contributed by atoms with van der Waals surface area (Å²) in [4.78, 5) is 26.0. The first-order valence-electron chi connectivity index (χ1n) is 9.97. The number of carbonyl (C=O) groups is 2. The number of hydrogen-bond acceptors (Lipinski definition) is 4. The van der Waals surface area contributed by atoms with Crippen LogP contribution >= 0.6 is 0 Å². The zero-order chi connectivity index (χ0) is 19.1. The minimum Gasteiger partial charge on any atom is -0.469 e. The number of hydrogen-bond donors (Lipinski definition) is 1. The highest BCUT2D eigenvalue weighted by Gasteiger charge is 2.34. The van der Waals surface area contributed by atoms with E-state index in [1.807, 2.05) is 31.2 Å². The van der Waals surface area contributed by atoms with E-state index in [-0.39, 0.29) is 11.8 Å². The van der Waals surface area contributed by atoms with Gasteiger partial charge >= 0.3 is 0 Å². The lowest BCUT2D eigenvalue weighted by Gasteiger charge is -2.11. The van der Waals surface area contributed by atoms with Crippen LogP contribution in [0.15, 0.2) is 41.0 Å². The average Bonchev–Trinajstić information content (AvgIpc) is 3.27. The van der Waals surface area contributed by atoms with Crippen molar-refractivity contribution in [1.82, 2.24) is 4.90 Å². The van der Waals surface area contributed by atoms with Crippen LogP contribution in [0.4, 0.5) is 5.69 Å². The van der Waals surface area contributed by atoms with Gasteiger partial charge in [-0.25, -0.2) is 0 Å². The number of carbonyl (C=O) groups excluding carboxylic acids is 2. The van der Waals surface area contributed by atoms with Crippen molar-refractivity contribution in [3.63, 3.8) is 0 Å². The van der Waals surface area contributed by atoms with Gasteiger partial charge in [0, 0.05) is 25.2 Å². The summed E-state index contributed by atoms with van der Waals surface area (Å²) in [6, 6.07) is 9.44. The van der Waals surface area contributed by atoms with Crippen molar-refractivity contribution in [3.8, 4) is 0 Å². The third-order valence-corrected chi connectivity index (χ3v) is 4.93. The molecule has 0 spiro atoms. The standard InChI is InChI=1S/C22H28N2O3/c1-2-14-24-21(25)19-12-11-17(16-20(19)22(24)26)23-13-7-5-3-4-6-9-18-10-8-15-27-18/h8,10-12,15-16,23H,2-7,9,13-14H2,1H3. The molecule has 0 radical (unpaired) electrons. The topological polar surface area (TPSA) is 62.6 Å². The van der Waals surface area contributed by atoms with Crippen molar-refractivity contribution in [2.75, 3.05) is 18.4 Å². The molecule has 3 rings (SSSR count). The number of unbranched alkanes of at least 4 members (excludes halogenated alkanes) is 4. The Kier molecular flexibility index (Phi) is 6.69. The summed E-state index contributed by atoms with van der Waals surface area (Å²) in [6.45, 7) is 3.32. The second kappa shape index (κ2) is 9.40. The smallest absolute Gasteiger partial charge is 0.261 e. The molecule has 0 saturated heterocycles. The van der Waals surface area contributed by atoms with Crippen LogP contribution in [0, 0.1) is 0 Å². The fourth-order valence-electron chi connectivity index (χ4n) is 3.47. The van der Waals surface area contributed by atoms with Gasteiger partial charge in [-0.15, -0.1) is 0 Å². The van der Waals surface area contributed by atoms with E-state index in [0.717, 1.165) is 43.7 Å². The van der Waals surface area contributed by atoms with E-state index < -0.39 is 0 Å². The summed E-state index contributed by atoms with van der Waals surface area (Å²) in [5.74, 6) is 0.730. The molecule has 0 saturated carbocycles. The van der Waals surface area contributed by atoms with Crippen LogP contribution < -0.4 is 5.32 Å². The molecule has 0 fully saturated rings. The van der Waals surface area contributed by atoms with Crippen molar-refractivity contribution in [1.29, 1.82) is 0 Å². The Balaban J connectivity index is 1.36. The Labute approximate surface area is 160 Å². The number of anilines is 1. The number of furan rings is 1. The molecule has 27 heavy (non-hydrogen) atoms. The Morgan fingerprint density at radius 1 is 0.963 bits per heavy atom. The Hall–Kier alpha value is -2.56. The number of imide groups is 1. The molecule has 144 valence electrons. The molecule has 1 aromatic heterocycles. The third kappa shape index (κ3) is 4.79. The average molecular weight is 368 g/mol. The summed E-state index contributed by atoms with van der Waals surface area (Å²) in [6.07, 6.45) is 9.38. The molecule has 2 aromatic rings. The van der Waals surface area contributed by atoms with Gasteiger partial charge in [0.15, 0.2) is 0 Å². The number of aryl methyl sites for hydroxylation is 1. The number of nitrogens with one attached hydrogen (secondary N) is 1. The van der Waals surface area contributed by atoms with Crippen molar-refractivity contribution in [2.45, 2.75) is 51.9 Å². The third-order valence-electron chi connectivity index (χ3n) is 4.93. The second-order valence-corrected chi connectivity index (χ2v) is 7.05. The highest BCUT2D eigenvalue weighted by atomic mass is 16.3. The monoisotopic (exact) mass is 368 g/mol. The summed E-state index contributed by atoms with van der Waals surface area (Å²) in [5, 5.41) is 3.37. The van der Waals surface area contributed by atoms with Crippen molar-refractivity contribution in [3.05, 3.63) is 53.5 Å². The maximum absolute atomic E-state index is 12.4. The minimum atomic E-state index is -0.169. The molecular weight excluding hydrogens is 340 g/mol. The maximum Gasteiger partial charge on any atom is 0.261 e. The lowest BCUT2D eigenvalue weighted by atomic mass is 10.1. The summed E-state index contributed by atoms with van der Waals surface area (Å²) in [7, 11) is 0. The molecule has 0 atom stereocenters. The molecule has 0 bridgehead atoms. The first-order chi connectivity index (χ1) is 13.2. The number of benzene rings is 1. The summed E-state index contributed by atoms with van der Waals surface area (Å²) < 4.78 is 5.34. The molecule has 1 aromatic carbocycles. The first kappa shape index (κ1) is 19.2. The molecule has 1 aliphatic rings. The van der Waals surface area contributed by atoms with E-state index in [0.29, 0.717) is 17.7 Å². The molecule has 1 N–H and O–H groups in total. The Morgan fingerprint density at radius 3 is 2.52 bits per heavy atom. The van der Waals surface area contributed by atoms with Crippen LogP contribution in [0.5, 0.6) is 0 Å². The number of nitrogens with zero attached hydrogens (tertiary/aromatic N) is 1. The fourth-order valence-corrected chi connectivity index (χ4v) is 3.47. The lowest BCUT2D eigenvalue weighted by Crippen LogP contribution is -2.30. The maximum atomic E-state index is 12.4. The molecule has 1 aliphatic heterocycles. The Morgan fingerprint density at radius 2 is 1.74 bits per heavy atom. The van der Waals surface area contributed by atoms with Gasteiger partial charge in [0.2, 0.25) is 0 Å². The quantitative estimate of drug-likeness (QED) is 0.453. The highest BCUT2D eigenvalue weighted by Crippen LogP contribution is 2.26. The number of fused-ring (bicyclic) bond motifs is 1. The lowest BCUT2D eigenvalue weighted by molar-refractivity contribution is 0.0654. The molecule has 5 nitrogen and oxygen atoms in total. The van der Waals surface area contributed by atoms with Gasteiger partial charge in [0.05, 0.1) is 17.4 Å². The van der Waals surface area contributed by atoms with E-state index in [1.165, 1.54) is 24.2 Å². The van der Waals surface area contributed by atoms with Crippen LogP contribution in [-0.4, -0.2) is 29.8 Å². The van der Waals surface area contributed by atoms with Crippen molar-refractivity contribution >= 4 is 17.5 Å². The second-order valence-electron chi connectivity index (χ2n) is 7.05. The summed E-state index contributed by atoms with van der Waals surface area (Å²) in [5.41, 5.74) is 1.96. The van der Waals surface area contributed by atoms with E-state index >= 15 is 0 Å². The van der Waals surface area contributed by atoms with Crippen molar-refractivity contribution < 1.29 is 14.0 Å². The molecule has 2 amide bonds. The molecular formula is C22H28N2O3. The molecule has 5 heteroatoms. The van der Waals surface area contributed by atoms with E-state index in [2.05, 4.69) is 5.32 Å². The number of rotatable bonds is 11. The predicted octanol–water partition coefficient (Wildman–Crippen LogP) is 4.89. The zero-order valence-electron chi connectivity index (χ0n) is 16.0. The van der Waals surface area contributed by atoms with Gasteiger partial charge < -0.3 is 9.73 Å². The van der Waals surface area contributed by atoms with Crippen LogP contribution in [0.1, 0.15) is 71.9 Å². The van der Waals surface area contributed by atoms with E-state index in [1.54, 1.807) is 12.3 Å². The SMILES string of the molecule is CCCN1C(=O)c2ccc(NCCCCCCCc3ccco3)cc2C1=O. The Bertz CT molecular complexity index is 768. The van der Waals surface area contributed by atoms with Gasteiger partial charge in [-0.3, -0.25) is 14.5 Å². The van der Waals surface area contributed by atoms with Gasteiger partial charge in [0.1, 0.15) is 5.76 Å². The van der Waals surface area contributed by atoms with Crippen LogP contribution in [0.3, 0.4) is 0 Å². The normalized spacial score (nSPS) is 13.3. The van der Waals surface area contributed by atoms with Crippen LogP contribution in [0.2, 0.25) is 0 Å². The van der Waals surface area contributed by atoms with Gasteiger partial charge in [-0.05, 0) is 49.6 Å². The minimum absolute atomic E-state index is 0.169. The van der Waals surface area contributed by atoms with Gasteiger partial charge in [-0.1, -0.05) is 26.2 Å². The highest BCUT2D eigenvalue weighted by molar-refractivity contribution is 6.21. The van der Waals surface area contributed by atoms with Crippen LogP contribution in [0.25, 0.3) is 0 Å².